The number of rotatable bonds is 12. The lowest BCUT2D eigenvalue weighted by Crippen LogP contribution is -2.44. The van der Waals surface area contributed by atoms with Crippen LogP contribution in [0.5, 0.6) is 6.01 Å². The molecule has 2 aliphatic heterocycles. The van der Waals surface area contributed by atoms with Crippen molar-refractivity contribution in [1.82, 2.24) is 15.0 Å². The second-order valence-corrected chi connectivity index (χ2v) is 9.95. The van der Waals surface area contributed by atoms with Crippen LogP contribution in [-0.2, 0) is 18.9 Å². The molecule has 2 aliphatic rings. The Hall–Kier alpha value is -1.75. The van der Waals surface area contributed by atoms with Crippen LogP contribution in [0.15, 0.2) is 23.3 Å². The smallest absolute Gasteiger partial charge is 0.296 e. The van der Waals surface area contributed by atoms with E-state index in [1.54, 1.807) is 19.3 Å². The Morgan fingerprint density at radius 3 is 3.09 bits per heavy atom. The number of fused-ring (bicyclic) bond motifs is 2. The van der Waals surface area contributed by atoms with Gasteiger partial charge in [0.2, 0.25) is 0 Å². The SMILES string of the molecule is COCCOCCN=C(C=CN)CNc1nc2nc(O[C@@H]3CO[C@@H]4[C@H](O)CO[C@@]43I)[nH]c2cc1Cl. The highest BCUT2D eigenvalue weighted by atomic mass is 127. The number of anilines is 1. The van der Waals surface area contributed by atoms with Gasteiger partial charge in [-0.05, 0) is 40.9 Å². The van der Waals surface area contributed by atoms with Gasteiger partial charge in [0.15, 0.2) is 15.4 Å². The molecule has 4 heterocycles. The summed E-state index contributed by atoms with van der Waals surface area (Å²) in [6.45, 7) is 2.84. The summed E-state index contributed by atoms with van der Waals surface area (Å²) in [6.07, 6.45) is 1.55. The fourth-order valence-corrected chi connectivity index (χ4v) is 5.03. The molecule has 2 saturated heterocycles. The molecule has 12 nitrogen and oxygen atoms in total. The van der Waals surface area contributed by atoms with Crippen LogP contribution in [0.2, 0.25) is 5.02 Å². The molecule has 192 valence electrons. The quantitative estimate of drug-likeness (QED) is 0.118. The highest BCUT2D eigenvalue weighted by molar-refractivity contribution is 14.1. The van der Waals surface area contributed by atoms with E-state index in [0.29, 0.717) is 60.6 Å². The van der Waals surface area contributed by atoms with Crippen molar-refractivity contribution in [2.75, 3.05) is 58.6 Å². The van der Waals surface area contributed by atoms with Crippen LogP contribution in [0.3, 0.4) is 0 Å². The molecule has 2 aromatic heterocycles. The molecule has 0 spiro atoms. The van der Waals surface area contributed by atoms with Crippen molar-refractivity contribution >= 4 is 56.9 Å². The molecule has 0 unspecified atom stereocenters. The van der Waals surface area contributed by atoms with Crippen molar-refractivity contribution < 1.29 is 28.8 Å². The van der Waals surface area contributed by atoms with Gasteiger partial charge in [0.25, 0.3) is 6.01 Å². The minimum Gasteiger partial charge on any atom is -0.455 e. The number of nitrogens with zero attached hydrogens (tertiary/aromatic N) is 3. The second-order valence-electron chi connectivity index (χ2n) is 7.86. The maximum absolute atomic E-state index is 10.0. The van der Waals surface area contributed by atoms with Gasteiger partial charge in [-0.3, -0.25) is 4.99 Å². The zero-order valence-corrected chi connectivity index (χ0v) is 22.0. The number of aromatic amines is 1. The Balaban J connectivity index is 1.39. The van der Waals surface area contributed by atoms with E-state index in [0.717, 1.165) is 0 Å². The summed E-state index contributed by atoms with van der Waals surface area (Å²) >= 11 is 8.57. The van der Waals surface area contributed by atoms with Gasteiger partial charge in [-0.1, -0.05) is 11.6 Å². The first kappa shape index (κ1) is 26.3. The first-order valence-electron chi connectivity index (χ1n) is 11.0. The molecule has 0 aromatic carbocycles. The lowest BCUT2D eigenvalue weighted by molar-refractivity contribution is 0.00481. The number of hydrogen-bond donors (Lipinski definition) is 4. The number of aliphatic hydroxyl groups excluding tert-OH is 1. The monoisotopic (exact) mass is 622 g/mol. The number of methoxy groups -OCH3 is 1. The number of nitrogens with two attached hydrogens (primary N) is 1. The van der Waals surface area contributed by atoms with Crippen LogP contribution in [0, 0.1) is 0 Å². The van der Waals surface area contributed by atoms with Gasteiger partial charge in [-0.25, -0.2) is 4.98 Å². The molecule has 0 radical (unpaired) electrons. The predicted octanol–water partition coefficient (Wildman–Crippen LogP) is 1.27. The van der Waals surface area contributed by atoms with E-state index in [4.69, 9.17) is 41.0 Å². The second kappa shape index (κ2) is 12.0. The number of nitrogens with one attached hydrogen (secondary N) is 2. The first-order chi connectivity index (χ1) is 16.9. The molecule has 2 fully saturated rings. The third kappa shape index (κ3) is 6.15. The minimum absolute atomic E-state index is 0.200. The number of imidazole rings is 1. The van der Waals surface area contributed by atoms with E-state index >= 15 is 0 Å². The van der Waals surface area contributed by atoms with Crippen molar-refractivity contribution in [3.05, 3.63) is 23.4 Å². The van der Waals surface area contributed by atoms with Crippen LogP contribution in [0.25, 0.3) is 11.2 Å². The Labute approximate surface area is 220 Å². The van der Waals surface area contributed by atoms with E-state index in [-0.39, 0.29) is 19.2 Å². The number of aliphatic hydroxyl groups is 1. The van der Waals surface area contributed by atoms with E-state index < -0.39 is 21.9 Å². The van der Waals surface area contributed by atoms with Crippen molar-refractivity contribution in [2.45, 2.75) is 21.9 Å². The number of pyridine rings is 1. The van der Waals surface area contributed by atoms with Crippen molar-refractivity contribution in [2.24, 2.45) is 10.7 Å². The van der Waals surface area contributed by atoms with E-state index in [2.05, 4.69) is 47.9 Å². The maximum atomic E-state index is 10.0. The molecule has 0 aliphatic carbocycles. The van der Waals surface area contributed by atoms with Gasteiger partial charge in [0.05, 0.1) is 62.4 Å². The molecular weight excluding hydrogens is 595 g/mol. The average molecular weight is 623 g/mol. The predicted molar refractivity (Wildman–Crippen MR) is 139 cm³/mol. The lowest BCUT2D eigenvalue weighted by Gasteiger charge is -2.25. The standard InChI is InChI=1S/C21H28ClIN6O6/c1-31-6-7-32-5-4-25-12(2-3-24)9-26-18-13(22)8-14-19(28-18)29-20(27-14)35-16-11-33-17-15(30)10-34-21(16,17)23/h2-3,8,15-17,30H,4-7,9-11,24H2,1H3,(H2,26,27,28,29)/t15-,16-,17-,21-/m1/s1. The Kier molecular flexibility index (Phi) is 9.02. The normalized spacial score (nSPS) is 26.6. The van der Waals surface area contributed by atoms with E-state index in [9.17, 15) is 5.11 Å². The summed E-state index contributed by atoms with van der Waals surface area (Å²) in [7, 11) is 1.63. The van der Waals surface area contributed by atoms with Gasteiger partial charge < -0.3 is 44.8 Å². The molecule has 35 heavy (non-hydrogen) atoms. The summed E-state index contributed by atoms with van der Waals surface area (Å²) in [5.41, 5.74) is 7.31. The topological polar surface area (TPSA) is 158 Å². The fourth-order valence-electron chi connectivity index (χ4n) is 3.73. The molecule has 0 saturated carbocycles. The molecule has 2 aromatic rings. The maximum Gasteiger partial charge on any atom is 0.296 e. The fraction of sp³-hybridized carbons (Fsp3) is 0.571. The summed E-state index contributed by atoms with van der Waals surface area (Å²) in [4.78, 5) is 16.5. The minimum atomic E-state index is -0.783. The molecular formula is C21H28ClIN6O6. The number of ether oxygens (including phenoxy) is 5. The average Bonchev–Trinajstić information content (AvgIpc) is 3.47. The molecule has 14 heteroatoms. The molecule has 4 atom stereocenters. The number of H-pyrrole nitrogens is 1. The number of alkyl halides is 1. The van der Waals surface area contributed by atoms with Gasteiger partial charge >= 0.3 is 0 Å². The Morgan fingerprint density at radius 1 is 1.43 bits per heavy atom. The zero-order valence-electron chi connectivity index (χ0n) is 19.1. The molecule has 0 bridgehead atoms. The van der Waals surface area contributed by atoms with Crippen molar-refractivity contribution in [3.63, 3.8) is 0 Å². The number of hydrogen-bond acceptors (Lipinski definition) is 11. The van der Waals surface area contributed by atoms with Gasteiger partial charge in [0.1, 0.15) is 18.0 Å². The lowest BCUT2D eigenvalue weighted by atomic mass is 10.1. The Bertz CT molecular complexity index is 1070. The largest absolute Gasteiger partial charge is 0.455 e. The van der Waals surface area contributed by atoms with Crippen LogP contribution in [-0.4, -0.2) is 101 Å². The summed E-state index contributed by atoms with van der Waals surface area (Å²) < 4.78 is 27.0. The third-order valence-corrected chi connectivity index (χ3v) is 7.35. The van der Waals surface area contributed by atoms with Gasteiger partial charge in [-0.2, -0.15) is 4.98 Å². The summed E-state index contributed by atoms with van der Waals surface area (Å²) in [5, 5.41) is 13.6. The molecule has 5 N–H and O–H groups in total. The molecule has 4 rings (SSSR count). The summed E-state index contributed by atoms with van der Waals surface area (Å²) in [6, 6.07) is 1.98. The first-order valence-corrected chi connectivity index (χ1v) is 12.5. The molecule has 0 amide bonds. The van der Waals surface area contributed by atoms with E-state index in [1.807, 2.05) is 0 Å². The van der Waals surface area contributed by atoms with Crippen LogP contribution >= 0.6 is 34.2 Å². The van der Waals surface area contributed by atoms with Gasteiger partial charge in [-0.15, -0.1) is 0 Å². The summed E-state index contributed by atoms with van der Waals surface area (Å²) in [5.74, 6) is 0.448. The van der Waals surface area contributed by atoms with Crippen molar-refractivity contribution in [1.29, 1.82) is 0 Å². The third-order valence-electron chi connectivity index (χ3n) is 5.45. The Morgan fingerprint density at radius 2 is 2.29 bits per heavy atom. The highest BCUT2D eigenvalue weighted by Crippen LogP contribution is 2.44. The number of aliphatic imine (C=N–C) groups is 1. The number of aromatic nitrogens is 3. The van der Waals surface area contributed by atoms with Gasteiger partial charge in [0, 0.05) is 7.11 Å². The number of halogens is 2. The zero-order chi connectivity index (χ0) is 24.8. The highest BCUT2D eigenvalue weighted by Gasteiger charge is 2.60. The van der Waals surface area contributed by atoms with Crippen LogP contribution < -0.4 is 15.8 Å². The van der Waals surface area contributed by atoms with Crippen LogP contribution in [0.1, 0.15) is 0 Å². The van der Waals surface area contributed by atoms with E-state index in [1.165, 1.54) is 6.20 Å². The van der Waals surface area contributed by atoms with Crippen LogP contribution in [0.4, 0.5) is 5.82 Å². The van der Waals surface area contributed by atoms with Crippen molar-refractivity contribution in [3.8, 4) is 6.01 Å².